The van der Waals surface area contributed by atoms with Crippen LogP contribution in [0.4, 0.5) is 11.4 Å². The maximum atomic E-state index is 12.7. The number of hydrogen-bond donors (Lipinski definition) is 2. The lowest BCUT2D eigenvalue weighted by Crippen LogP contribution is -2.15. The van der Waals surface area contributed by atoms with Gasteiger partial charge in [0.25, 0.3) is 5.91 Å². The van der Waals surface area contributed by atoms with Crippen LogP contribution in [-0.4, -0.2) is 25.0 Å². The molecular weight excluding hydrogens is 452 g/mol. The Bertz CT molecular complexity index is 1180. The second-order valence-electron chi connectivity index (χ2n) is 9.56. The summed E-state index contributed by atoms with van der Waals surface area (Å²) in [6.45, 7) is 11.4. The largest absolute Gasteiger partial charge is 0.490 e. The van der Waals surface area contributed by atoms with Crippen molar-refractivity contribution in [2.24, 2.45) is 0 Å². The Morgan fingerprint density at radius 3 is 2.06 bits per heavy atom. The maximum absolute atomic E-state index is 12.7. The van der Waals surface area contributed by atoms with Gasteiger partial charge in [-0.2, -0.15) is 0 Å². The van der Waals surface area contributed by atoms with E-state index in [9.17, 15) is 9.59 Å². The van der Waals surface area contributed by atoms with Gasteiger partial charge < -0.3 is 20.1 Å². The zero-order valence-electron chi connectivity index (χ0n) is 21.8. The van der Waals surface area contributed by atoms with E-state index in [1.54, 1.807) is 24.3 Å². The number of nitrogens with one attached hydrogen (secondary N) is 2. The Morgan fingerprint density at radius 1 is 0.778 bits per heavy atom. The van der Waals surface area contributed by atoms with Crippen molar-refractivity contribution in [1.82, 2.24) is 0 Å². The van der Waals surface area contributed by atoms with Crippen LogP contribution < -0.4 is 20.1 Å². The number of anilines is 2. The molecule has 6 heteroatoms. The first-order chi connectivity index (χ1) is 17.2. The van der Waals surface area contributed by atoms with Crippen LogP contribution in [0.3, 0.4) is 0 Å². The smallest absolute Gasteiger partial charge is 0.255 e. The van der Waals surface area contributed by atoms with E-state index >= 15 is 0 Å². The number of carbonyl (C=O) groups excluding carboxylic acids is 2. The average Bonchev–Trinajstić information content (AvgIpc) is 2.84. The van der Waals surface area contributed by atoms with Crippen LogP contribution in [-0.2, 0) is 16.6 Å². The van der Waals surface area contributed by atoms with Crippen LogP contribution in [0, 0.1) is 0 Å². The van der Waals surface area contributed by atoms with E-state index in [1.807, 2.05) is 56.3 Å². The number of aryl methyl sites for hydroxylation is 1. The van der Waals surface area contributed by atoms with Crippen LogP contribution in [0.25, 0.3) is 0 Å². The minimum absolute atomic E-state index is 0.0278. The van der Waals surface area contributed by atoms with E-state index < -0.39 is 0 Å². The molecule has 2 N–H and O–H groups in total. The van der Waals surface area contributed by atoms with Gasteiger partial charge >= 0.3 is 0 Å². The molecule has 3 rings (SSSR count). The molecule has 6 nitrogen and oxygen atoms in total. The van der Waals surface area contributed by atoms with E-state index in [-0.39, 0.29) is 17.2 Å². The minimum atomic E-state index is -0.195. The van der Waals surface area contributed by atoms with Crippen LogP contribution in [0.15, 0.2) is 66.7 Å². The lowest BCUT2D eigenvalue weighted by atomic mass is 9.87. The van der Waals surface area contributed by atoms with Gasteiger partial charge in [0.2, 0.25) is 5.91 Å². The predicted octanol–water partition coefficient (Wildman–Crippen LogP) is 6.61. The lowest BCUT2D eigenvalue weighted by Gasteiger charge is -2.19. The summed E-state index contributed by atoms with van der Waals surface area (Å²) in [4.78, 5) is 25.3. The van der Waals surface area contributed by atoms with Crippen molar-refractivity contribution in [1.29, 1.82) is 0 Å². The number of ether oxygens (including phenoxy) is 2. The van der Waals surface area contributed by atoms with E-state index in [1.165, 1.54) is 5.56 Å². The highest BCUT2D eigenvalue weighted by Crippen LogP contribution is 2.29. The summed E-state index contributed by atoms with van der Waals surface area (Å²) in [5.41, 5.74) is 4.02. The Balaban J connectivity index is 1.57. The lowest BCUT2D eigenvalue weighted by molar-refractivity contribution is -0.116. The minimum Gasteiger partial charge on any atom is -0.490 e. The first-order valence-electron chi connectivity index (χ1n) is 12.4. The molecule has 0 spiro atoms. The monoisotopic (exact) mass is 488 g/mol. The van der Waals surface area contributed by atoms with Crippen molar-refractivity contribution in [2.75, 3.05) is 23.8 Å². The fraction of sp³-hybridized carbons (Fsp3) is 0.333. The Hall–Kier alpha value is -3.80. The fourth-order valence-corrected chi connectivity index (χ4v) is 3.73. The molecule has 0 saturated carbocycles. The zero-order chi connectivity index (χ0) is 26.1. The van der Waals surface area contributed by atoms with Crippen molar-refractivity contribution in [3.8, 4) is 11.5 Å². The summed E-state index contributed by atoms with van der Waals surface area (Å²) >= 11 is 0. The molecule has 0 heterocycles. The summed E-state index contributed by atoms with van der Waals surface area (Å²) in [5, 5.41) is 5.82. The van der Waals surface area contributed by atoms with E-state index in [4.69, 9.17) is 9.47 Å². The van der Waals surface area contributed by atoms with Gasteiger partial charge in [-0.05, 0) is 79.3 Å². The summed E-state index contributed by atoms with van der Waals surface area (Å²) in [6.07, 6.45) is 0.884. The zero-order valence-corrected chi connectivity index (χ0v) is 21.8. The number of carbonyl (C=O) groups is 2. The number of rotatable bonds is 10. The Labute approximate surface area is 214 Å². The number of hydrogen-bond acceptors (Lipinski definition) is 4. The van der Waals surface area contributed by atoms with E-state index in [0.29, 0.717) is 54.5 Å². The van der Waals surface area contributed by atoms with E-state index in [2.05, 4.69) is 31.4 Å². The molecule has 0 radical (unpaired) electrons. The molecule has 190 valence electrons. The molecule has 2 amide bonds. The number of amides is 2. The molecule has 3 aromatic carbocycles. The molecule has 0 aliphatic rings. The van der Waals surface area contributed by atoms with Crippen molar-refractivity contribution < 1.29 is 19.1 Å². The molecule has 3 aromatic rings. The van der Waals surface area contributed by atoms with Gasteiger partial charge in [0.15, 0.2) is 11.5 Å². The standard InChI is InChI=1S/C30H36N2O4/c1-6-35-26-17-11-21(19-27(26)36-7-2)12-18-28(33)31-24-9-8-10-25(20-24)32-29(34)22-13-15-23(16-14-22)30(3,4)5/h8-11,13-17,19-20H,6-7,12,18H2,1-5H3,(H,31,33)(H,32,34). The SMILES string of the molecule is CCOc1ccc(CCC(=O)Nc2cccc(NC(=O)c3ccc(C(C)(C)C)cc3)c2)cc1OCC. The van der Waals surface area contributed by atoms with Gasteiger partial charge in [0.05, 0.1) is 13.2 Å². The fourth-order valence-electron chi connectivity index (χ4n) is 3.73. The number of benzene rings is 3. The molecule has 0 aliphatic heterocycles. The third kappa shape index (κ3) is 7.60. The average molecular weight is 489 g/mol. The van der Waals surface area contributed by atoms with Crippen molar-refractivity contribution in [3.63, 3.8) is 0 Å². The maximum Gasteiger partial charge on any atom is 0.255 e. The molecule has 0 aromatic heterocycles. The third-order valence-electron chi connectivity index (χ3n) is 5.67. The second-order valence-corrected chi connectivity index (χ2v) is 9.56. The molecule has 0 saturated heterocycles. The summed E-state index contributed by atoms with van der Waals surface area (Å²) in [5.74, 6) is 1.09. The topological polar surface area (TPSA) is 76.7 Å². The van der Waals surface area contributed by atoms with Gasteiger partial charge in [-0.1, -0.05) is 45.0 Å². The quantitative estimate of drug-likeness (QED) is 0.337. The molecule has 0 unspecified atom stereocenters. The van der Waals surface area contributed by atoms with Gasteiger partial charge in [0, 0.05) is 23.4 Å². The van der Waals surface area contributed by atoms with Crippen molar-refractivity contribution in [2.45, 2.75) is 52.9 Å². The summed E-state index contributed by atoms with van der Waals surface area (Å²) in [7, 11) is 0. The molecule has 36 heavy (non-hydrogen) atoms. The Kier molecular flexibility index (Phi) is 9.12. The second kappa shape index (κ2) is 12.2. The van der Waals surface area contributed by atoms with Crippen molar-refractivity contribution >= 4 is 23.2 Å². The normalized spacial score (nSPS) is 11.0. The highest BCUT2D eigenvalue weighted by molar-refractivity contribution is 6.04. The highest BCUT2D eigenvalue weighted by atomic mass is 16.5. The van der Waals surface area contributed by atoms with Crippen LogP contribution in [0.2, 0.25) is 0 Å². The highest BCUT2D eigenvalue weighted by Gasteiger charge is 2.15. The van der Waals surface area contributed by atoms with Crippen LogP contribution in [0.1, 0.15) is 62.5 Å². The first kappa shape index (κ1) is 26.8. The van der Waals surface area contributed by atoms with Crippen LogP contribution in [0.5, 0.6) is 11.5 Å². The molecular formula is C30H36N2O4. The van der Waals surface area contributed by atoms with Gasteiger partial charge in [-0.3, -0.25) is 9.59 Å². The molecule has 0 fully saturated rings. The van der Waals surface area contributed by atoms with Gasteiger partial charge in [0.1, 0.15) is 0 Å². The predicted molar refractivity (Wildman–Crippen MR) is 145 cm³/mol. The van der Waals surface area contributed by atoms with Gasteiger partial charge in [-0.25, -0.2) is 0 Å². The van der Waals surface area contributed by atoms with Crippen molar-refractivity contribution in [3.05, 3.63) is 83.4 Å². The molecule has 0 bridgehead atoms. The Morgan fingerprint density at radius 2 is 1.42 bits per heavy atom. The van der Waals surface area contributed by atoms with Gasteiger partial charge in [-0.15, -0.1) is 0 Å². The first-order valence-corrected chi connectivity index (χ1v) is 12.4. The van der Waals surface area contributed by atoms with Crippen LogP contribution >= 0.6 is 0 Å². The summed E-state index contributed by atoms with van der Waals surface area (Å²) in [6, 6.07) is 20.5. The molecule has 0 aliphatic carbocycles. The third-order valence-corrected chi connectivity index (χ3v) is 5.67. The summed E-state index contributed by atoms with van der Waals surface area (Å²) < 4.78 is 11.3. The molecule has 0 atom stereocenters. The van der Waals surface area contributed by atoms with E-state index in [0.717, 1.165) is 5.56 Å².